The van der Waals surface area contributed by atoms with Crippen molar-refractivity contribution in [3.8, 4) is 0 Å². The first-order valence-electron chi connectivity index (χ1n) is 5.37. The quantitative estimate of drug-likeness (QED) is 0.739. The topological polar surface area (TPSA) is 67.6 Å². The van der Waals surface area contributed by atoms with E-state index in [2.05, 4.69) is 15.0 Å². The molecule has 0 spiro atoms. The van der Waals surface area contributed by atoms with Gasteiger partial charge >= 0.3 is 0 Å². The van der Waals surface area contributed by atoms with Crippen LogP contribution in [0.25, 0.3) is 11.0 Å². The number of aromatic nitrogens is 3. The van der Waals surface area contributed by atoms with Crippen molar-refractivity contribution in [2.24, 2.45) is 5.73 Å². The lowest BCUT2D eigenvalue weighted by atomic mass is 9.99. The van der Waals surface area contributed by atoms with Crippen molar-refractivity contribution in [3.05, 3.63) is 24.3 Å². The average molecular weight is 202 g/mol. The van der Waals surface area contributed by atoms with Crippen molar-refractivity contribution in [2.75, 3.05) is 0 Å². The van der Waals surface area contributed by atoms with Gasteiger partial charge in [0, 0.05) is 6.20 Å². The Morgan fingerprint density at radius 1 is 1.33 bits per heavy atom. The molecule has 2 heterocycles. The van der Waals surface area contributed by atoms with Gasteiger partial charge in [-0.3, -0.25) is 4.98 Å². The summed E-state index contributed by atoms with van der Waals surface area (Å²) < 4.78 is 0. The highest BCUT2D eigenvalue weighted by molar-refractivity contribution is 5.73. The van der Waals surface area contributed by atoms with E-state index in [0.717, 1.165) is 29.7 Å². The van der Waals surface area contributed by atoms with Gasteiger partial charge in [0.05, 0.1) is 22.8 Å². The summed E-state index contributed by atoms with van der Waals surface area (Å²) in [6.45, 7) is 0. The molecular weight excluding hydrogens is 188 g/mol. The largest absolute Gasteiger partial charge is 0.339 e. The molecule has 0 aliphatic heterocycles. The summed E-state index contributed by atoms with van der Waals surface area (Å²) in [5, 5.41) is 0. The number of aromatic amines is 1. The molecule has 1 fully saturated rings. The van der Waals surface area contributed by atoms with Crippen molar-refractivity contribution in [3.63, 3.8) is 0 Å². The molecule has 1 aliphatic carbocycles. The summed E-state index contributed by atoms with van der Waals surface area (Å²) in [5.74, 6) is 0.919. The molecule has 4 heteroatoms. The van der Waals surface area contributed by atoms with E-state index in [9.17, 15) is 0 Å². The summed E-state index contributed by atoms with van der Waals surface area (Å²) in [6, 6.07) is 1.91. The fraction of sp³-hybridized carbons (Fsp3) is 0.455. The van der Waals surface area contributed by atoms with Crippen LogP contribution in [0.4, 0.5) is 0 Å². The molecule has 2 aromatic heterocycles. The minimum Gasteiger partial charge on any atom is -0.339 e. The van der Waals surface area contributed by atoms with Crippen LogP contribution in [0.3, 0.4) is 0 Å². The van der Waals surface area contributed by atoms with Gasteiger partial charge < -0.3 is 10.7 Å². The molecule has 15 heavy (non-hydrogen) atoms. The standard InChI is InChI=1S/C11H14N4/c12-11(4-1-2-5-11)10-14-8-3-6-13-7-9(8)15-10/h3,6-7H,1-2,4-5,12H2,(H,14,15). The Kier molecular flexibility index (Phi) is 1.79. The average Bonchev–Trinajstić information content (AvgIpc) is 2.84. The van der Waals surface area contributed by atoms with Crippen molar-refractivity contribution < 1.29 is 0 Å². The van der Waals surface area contributed by atoms with Crippen molar-refractivity contribution in [1.82, 2.24) is 15.0 Å². The van der Waals surface area contributed by atoms with Gasteiger partial charge in [0.2, 0.25) is 0 Å². The summed E-state index contributed by atoms with van der Waals surface area (Å²) in [5.41, 5.74) is 8.02. The molecule has 0 bridgehead atoms. The van der Waals surface area contributed by atoms with Crippen LogP contribution in [-0.2, 0) is 5.54 Å². The Labute approximate surface area is 87.9 Å². The molecule has 3 N–H and O–H groups in total. The number of hydrogen-bond donors (Lipinski definition) is 2. The smallest absolute Gasteiger partial charge is 0.127 e. The van der Waals surface area contributed by atoms with E-state index in [1.54, 1.807) is 12.4 Å². The molecule has 2 aromatic rings. The molecule has 0 unspecified atom stereocenters. The van der Waals surface area contributed by atoms with Crippen molar-refractivity contribution >= 4 is 11.0 Å². The molecule has 0 saturated heterocycles. The van der Waals surface area contributed by atoms with Crippen LogP contribution in [0.2, 0.25) is 0 Å². The van der Waals surface area contributed by atoms with Gasteiger partial charge in [-0.2, -0.15) is 0 Å². The number of H-pyrrole nitrogens is 1. The lowest BCUT2D eigenvalue weighted by Gasteiger charge is -2.19. The molecule has 1 saturated carbocycles. The Hall–Kier alpha value is -1.42. The highest BCUT2D eigenvalue weighted by Crippen LogP contribution is 2.35. The first-order valence-corrected chi connectivity index (χ1v) is 5.37. The normalized spacial score (nSPS) is 19.8. The minimum atomic E-state index is -0.237. The Balaban J connectivity index is 2.11. The first-order chi connectivity index (χ1) is 7.28. The van der Waals surface area contributed by atoms with Crippen molar-refractivity contribution in [2.45, 2.75) is 31.2 Å². The zero-order valence-electron chi connectivity index (χ0n) is 8.53. The second-order valence-electron chi connectivity index (χ2n) is 4.34. The number of nitrogens with one attached hydrogen (secondary N) is 1. The Morgan fingerprint density at radius 2 is 2.13 bits per heavy atom. The number of hydrogen-bond acceptors (Lipinski definition) is 3. The lowest BCUT2D eigenvalue weighted by Crippen LogP contribution is -2.34. The Morgan fingerprint density at radius 3 is 2.87 bits per heavy atom. The maximum Gasteiger partial charge on any atom is 0.127 e. The second-order valence-corrected chi connectivity index (χ2v) is 4.34. The summed E-state index contributed by atoms with van der Waals surface area (Å²) in [4.78, 5) is 11.9. The lowest BCUT2D eigenvalue weighted by molar-refractivity contribution is 0.437. The fourth-order valence-corrected chi connectivity index (χ4v) is 2.34. The van der Waals surface area contributed by atoms with E-state index < -0.39 is 0 Å². The van der Waals surface area contributed by atoms with Gasteiger partial charge in [0.15, 0.2) is 0 Å². The number of pyridine rings is 1. The van der Waals surface area contributed by atoms with Crippen LogP contribution in [0.5, 0.6) is 0 Å². The predicted molar refractivity (Wildman–Crippen MR) is 58.2 cm³/mol. The van der Waals surface area contributed by atoms with Crippen LogP contribution in [0.1, 0.15) is 31.5 Å². The van der Waals surface area contributed by atoms with Crippen LogP contribution in [0.15, 0.2) is 18.5 Å². The van der Waals surface area contributed by atoms with Crippen LogP contribution >= 0.6 is 0 Å². The third-order valence-corrected chi connectivity index (χ3v) is 3.25. The van der Waals surface area contributed by atoms with Gasteiger partial charge in [-0.05, 0) is 18.9 Å². The number of nitrogens with zero attached hydrogens (tertiary/aromatic N) is 2. The minimum absolute atomic E-state index is 0.237. The van der Waals surface area contributed by atoms with Crippen LogP contribution in [-0.4, -0.2) is 15.0 Å². The summed E-state index contributed by atoms with van der Waals surface area (Å²) in [7, 11) is 0. The third-order valence-electron chi connectivity index (χ3n) is 3.25. The summed E-state index contributed by atoms with van der Waals surface area (Å²) in [6.07, 6.45) is 8.01. The number of fused-ring (bicyclic) bond motifs is 1. The molecule has 4 nitrogen and oxygen atoms in total. The maximum atomic E-state index is 6.33. The zero-order chi connectivity index (χ0) is 10.3. The predicted octanol–water partition coefficient (Wildman–Crippen LogP) is 1.69. The summed E-state index contributed by atoms with van der Waals surface area (Å²) >= 11 is 0. The fourth-order valence-electron chi connectivity index (χ4n) is 2.34. The molecule has 78 valence electrons. The maximum absolute atomic E-state index is 6.33. The third kappa shape index (κ3) is 1.33. The molecule has 0 atom stereocenters. The van der Waals surface area contributed by atoms with E-state index in [0.29, 0.717) is 0 Å². The molecule has 1 aliphatic rings. The van der Waals surface area contributed by atoms with E-state index >= 15 is 0 Å². The van der Waals surface area contributed by atoms with Crippen LogP contribution < -0.4 is 5.73 Å². The number of rotatable bonds is 1. The SMILES string of the molecule is NC1(c2nc3ccncc3[nH]2)CCCC1. The molecule has 0 amide bonds. The van der Waals surface area contributed by atoms with E-state index in [1.807, 2.05) is 6.07 Å². The molecule has 3 rings (SSSR count). The monoisotopic (exact) mass is 202 g/mol. The first kappa shape index (κ1) is 8.85. The molecular formula is C11H14N4. The second kappa shape index (κ2) is 3.03. The van der Waals surface area contributed by atoms with Gasteiger partial charge in [-0.15, -0.1) is 0 Å². The van der Waals surface area contributed by atoms with E-state index in [-0.39, 0.29) is 5.54 Å². The van der Waals surface area contributed by atoms with Crippen LogP contribution in [0, 0.1) is 0 Å². The Bertz CT molecular complexity index is 449. The van der Waals surface area contributed by atoms with E-state index in [1.165, 1.54) is 12.8 Å². The number of imidazole rings is 1. The zero-order valence-corrected chi connectivity index (χ0v) is 8.53. The molecule has 0 radical (unpaired) electrons. The molecule has 0 aromatic carbocycles. The highest BCUT2D eigenvalue weighted by atomic mass is 15.0. The van der Waals surface area contributed by atoms with Gasteiger partial charge in [0.1, 0.15) is 5.82 Å². The van der Waals surface area contributed by atoms with E-state index in [4.69, 9.17) is 5.73 Å². The van der Waals surface area contributed by atoms with Crippen molar-refractivity contribution in [1.29, 1.82) is 0 Å². The van der Waals surface area contributed by atoms with Gasteiger partial charge in [0.25, 0.3) is 0 Å². The number of nitrogens with two attached hydrogens (primary N) is 1. The highest BCUT2D eigenvalue weighted by Gasteiger charge is 2.34. The van der Waals surface area contributed by atoms with Gasteiger partial charge in [-0.25, -0.2) is 4.98 Å². The van der Waals surface area contributed by atoms with Gasteiger partial charge in [-0.1, -0.05) is 12.8 Å².